The van der Waals surface area contributed by atoms with Crippen molar-refractivity contribution in [3.8, 4) is 0 Å². The third kappa shape index (κ3) is 4.86. The number of hydrogen-bond donors (Lipinski definition) is 1. The second-order valence-corrected chi connectivity index (χ2v) is 12.3. The molecule has 41 heavy (non-hydrogen) atoms. The molecule has 4 aromatic rings. The number of nitrogens with zero attached hydrogens (tertiary/aromatic N) is 2. The Balaban J connectivity index is 1.43. The number of fused-ring (bicyclic) bond motifs is 2. The molecule has 1 saturated heterocycles. The van der Waals surface area contributed by atoms with Gasteiger partial charge in [0.1, 0.15) is 23.4 Å². The van der Waals surface area contributed by atoms with Crippen molar-refractivity contribution in [2.75, 3.05) is 10.2 Å². The molecule has 0 aliphatic carbocycles. The molecular formula is C28H17Cl2F2N3O4S2. The van der Waals surface area contributed by atoms with Crippen molar-refractivity contribution in [3.63, 3.8) is 0 Å². The maximum atomic E-state index is 13.9. The van der Waals surface area contributed by atoms with Gasteiger partial charge in [-0.1, -0.05) is 58.4 Å². The standard InChI is InChI=1S/C28H17Cl2F2N3O4S2/c29-18-3-1-2-17(22(18)30)20-21-23(26(38)35(25(21)37)16-10-6-14(32)7-11-16)40-27-24(20)41-28(39)34(27)12-19(36)33-15-8-4-13(31)5-9-15/h1-11,20-21,23H,12H2,(H,33,36)/t20-,21?,23?/m1/s1. The summed E-state index contributed by atoms with van der Waals surface area (Å²) in [6.07, 6.45) is 0. The van der Waals surface area contributed by atoms with Crippen LogP contribution in [-0.4, -0.2) is 27.5 Å². The first-order chi connectivity index (χ1) is 19.6. The number of benzene rings is 3. The minimum absolute atomic E-state index is 0.178. The zero-order valence-electron chi connectivity index (χ0n) is 20.6. The van der Waals surface area contributed by atoms with E-state index in [0.717, 1.165) is 40.1 Å². The van der Waals surface area contributed by atoms with Crippen molar-refractivity contribution in [2.45, 2.75) is 22.7 Å². The molecule has 208 valence electrons. The third-order valence-electron chi connectivity index (χ3n) is 6.88. The normalized spacial score (nSPS) is 19.7. The van der Waals surface area contributed by atoms with Gasteiger partial charge >= 0.3 is 4.87 Å². The Hall–Kier alpha value is -3.51. The van der Waals surface area contributed by atoms with Gasteiger partial charge in [0.15, 0.2) is 0 Å². The monoisotopic (exact) mass is 631 g/mol. The molecule has 0 saturated carbocycles. The Kier molecular flexibility index (Phi) is 7.23. The van der Waals surface area contributed by atoms with Gasteiger partial charge in [0.05, 0.1) is 26.7 Å². The van der Waals surface area contributed by atoms with E-state index in [0.29, 0.717) is 21.2 Å². The van der Waals surface area contributed by atoms with Gasteiger partial charge < -0.3 is 5.32 Å². The van der Waals surface area contributed by atoms with Gasteiger partial charge in [0.25, 0.3) is 0 Å². The Bertz CT molecular complexity index is 1780. The number of amides is 3. The summed E-state index contributed by atoms with van der Waals surface area (Å²) in [5.41, 5.74) is 1.02. The van der Waals surface area contributed by atoms with E-state index in [2.05, 4.69) is 5.32 Å². The molecule has 3 heterocycles. The van der Waals surface area contributed by atoms with Crippen LogP contribution in [0.2, 0.25) is 10.0 Å². The summed E-state index contributed by atoms with van der Waals surface area (Å²) in [6.45, 7) is -0.383. The SMILES string of the molecule is O=C(Cn1c2c(sc1=O)[C@H](c1cccc(Cl)c1Cl)C1C(=O)N(c3ccc(F)cc3)C(=O)C1S2)Nc1ccc(F)cc1. The maximum absolute atomic E-state index is 13.9. The smallest absolute Gasteiger partial charge is 0.308 e. The van der Waals surface area contributed by atoms with Gasteiger partial charge in [-0.15, -0.1) is 0 Å². The van der Waals surface area contributed by atoms with E-state index < -0.39 is 51.3 Å². The van der Waals surface area contributed by atoms with E-state index >= 15 is 0 Å². The molecule has 0 radical (unpaired) electrons. The topological polar surface area (TPSA) is 88.5 Å². The molecule has 2 unspecified atom stereocenters. The van der Waals surface area contributed by atoms with Gasteiger partial charge in [0.2, 0.25) is 17.7 Å². The van der Waals surface area contributed by atoms with Crippen LogP contribution in [0, 0.1) is 17.6 Å². The highest BCUT2D eigenvalue weighted by Crippen LogP contribution is 2.55. The van der Waals surface area contributed by atoms with Crippen LogP contribution in [0.5, 0.6) is 0 Å². The van der Waals surface area contributed by atoms with E-state index in [9.17, 15) is 28.0 Å². The van der Waals surface area contributed by atoms with E-state index in [1.165, 1.54) is 41.0 Å². The molecule has 0 spiro atoms. The van der Waals surface area contributed by atoms with Crippen LogP contribution in [0.4, 0.5) is 20.2 Å². The van der Waals surface area contributed by atoms with E-state index in [4.69, 9.17) is 23.2 Å². The van der Waals surface area contributed by atoms with Crippen LogP contribution in [0.1, 0.15) is 16.4 Å². The number of carbonyl (C=O) groups excluding carboxylic acids is 3. The Morgan fingerprint density at radius 3 is 2.24 bits per heavy atom. The van der Waals surface area contributed by atoms with Crippen LogP contribution in [0.3, 0.4) is 0 Å². The summed E-state index contributed by atoms with van der Waals surface area (Å²) in [6, 6.07) is 15.1. The number of rotatable bonds is 5. The number of nitrogens with one attached hydrogen (secondary N) is 1. The average molecular weight is 632 g/mol. The van der Waals surface area contributed by atoms with Crippen molar-refractivity contribution < 1.29 is 23.2 Å². The van der Waals surface area contributed by atoms with Gasteiger partial charge in [-0.05, 0) is 60.2 Å². The first-order valence-corrected chi connectivity index (χ1v) is 14.6. The summed E-state index contributed by atoms with van der Waals surface area (Å²) >= 11 is 14.8. The summed E-state index contributed by atoms with van der Waals surface area (Å²) in [5, 5.41) is 2.44. The Morgan fingerprint density at radius 1 is 0.902 bits per heavy atom. The highest BCUT2D eigenvalue weighted by Gasteiger charge is 2.57. The predicted molar refractivity (Wildman–Crippen MR) is 154 cm³/mol. The van der Waals surface area contributed by atoms with Crippen molar-refractivity contribution in [2.24, 2.45) is 5.92 Å². The van der Waals surface area contributed by atoms with Crippen LogP contribution in [0.25, 0.3) is 0 Å². The Labute approximate surface area is 249 Å². The molecule has 3 aromatic carbocycles. The van der Waals surface area contributed by atoms with Crippen molar-refractivity contribution in [1.82, 2.24) is 4.57 Å². The molecule has 6 rings (SSSR count). The molecule has 3 atom stereocenters. The van der Waals surface area contributed by atoms with Crippen LogP contribution in [-0.2, 0) is 20.9 Å². The molecule has 1 aromatic heterocycles. The van der Waals surface area contributed by atoms with Gasteiger partial charge in [-0.25, -0.2) is 13.7 Å². The van der Waals surface area contributed by atoms with E-state index in [1.54, 1.807) is 18.2 Å². The van der Waals surface area contributed by atoms with E-state index in [1.807, 2.05) is 0 Å². The van der Waals surface area contributed by atoms with Crippen molar-refractivity contribution >= 4 is 75.4 Å². The average Bonchev–Trinajstić information content (AvgIpc) is 3.38. The van der Waals surface area contributed by atoms with Crippen LogP contribution >= 0.6 is 46.3 Å². The van der Waals surface area contributed by atoms with Crippen molar-refractivity contribution in [3.05, 3.63) is 109 Å². The largest absolute Gasteiger partial charge is 0.325 e. The summed E-state index contributed by atoms with van der Waals surface area (Å²) in [7, 11) is 0. The second-order valence-electron chi connectivity index (χ2n) is 9.35. The minimum Gasteiger partial charge on any atom is -0.325 e. The quantitative estimate of drug-likeness (QED) is 0.276. The molecule has 1 N–H and O–H groups in total. The van der Waals surface area contributed by atoms with Gasteiger partial charge in [-0.2, -0.15) is 0 Å². The lowest BCUT2D eigenvalue weighted by Gasteiger charge is -2.31. The summed E-state index contributed by atoms with van der Waals surface area (Å²) in [5.74, 6) is -4.34. The van der Waals surface area contributed by atoms with E-state index in [-0.39, 0.29) is 22.3 Å². The fourth-order valence-electron chi connectivity index (χ4n) is 5.07. The van der Waals surface area contributed by atoms with Crippen LogP contribution < -0.4 is 15.1 Å². The zero-order valence-corrected chi connectivity index (χ0v) is 23.8. The van der Waals surface area contributed by atoms with Crippen LogP contribution in [0.15, 0.2) is 76.6 Å². The lowest BCUT2D eigenvalue weighted by atomic mass is 9.83. The highest BCUT2D eigenvalue weighted by molar-refractivity contribution is 8.00. The van der Waals surface area contributed by atoms with Crippen molar-refractivity contribution in [1.29, 1.82) is 0 Å². The summed E-state index contributed by atoms with van der Waals surface area (Å²) in [4.78, 5) is 54.8. The first kappa shape index (κ1) is 27.6. The molecular weight excluding hydrogens is 615 g/mol. The third-order valence-corrected chi connectivity index (χ3v) is 10.3. The first-order valence-electron chi connectivity index (χ1n) is 12.2. The number of imide groups is 1. The number of carbonyl (C=O) groups is 3. The molecule has 3 amide bonds. The number of thioether (sulfide) groups is 1. The fourth-order valence-corrected chi connectivity index (χ4v) is 8.26. The van der Waals surface area contributed by atoms with Gasteiger partial charge in [0, 0.05) is 16.5 Å². The summed E-state index contributed by atoms with van der Waals surface area (Å²) < 4.78 is 28.1. The molecule has 7 nitrogen and oxygen atoms in total. The molecule has 0 bridgehead atoms. The maximum Gasteiger partial charge on any atom is 0.308 e. The number of thiazole rings is 1. The number of halogens is 4. The number of anilines is 2. The zero-order chi connectivity index (χ0) is 29.0. The highest BCUT2D eigenvalue weighted by atomic mass is 35.5. The molecule has 13 heteroatoms. The number of hydrogen-bond acceptors (Lipinski definition) is 6. The van der Waals surface area contributed by atoms with Gasteiger partial charge in [-0.3, -0.25) is 23.7 Å². The lowest BCUT2D eigenvalue weighted by molar-refractivity contribution is -0.122. The Morgan fingerprint density at radius 2 is 1.56 bits per heavy atom. The lowest BCUT2D eigenvalue weighted by Crippen LogP contribution is -2.33. The molecule has 2 aliphatic heterocycles. The molecule has 2 aliphatic rings. The fraction of sp³-hybridized carbons (Fsp3) is 0.143. The minimum atomic E-state index is -0.958. The second kappa shape index (κ2) is 10.7. The predicted octanol–water partition coefficient (Wildman–Crippen LogP) is 5.93. The number of aromatic nitrogens is 1. The molecule has 1 fully saturated rings.